The molecule has 50 heavy (non-hydrogen) atoms. The highest BCUT2D eigenvalue weighted by atomic mass is 35.5. The minimum Gasteiger partial charge on any atom is -0.493 e. The maximum absolute atomic E-state index is 12.5. The number of pyridine rings is 1. The van der Waals surface area contributed by atoms with Crippen molar-refractivity contribution in [1.29, 1.82) is 5.26 Å². The Morgan fingerprint density at radius 1 is 0.960 bits per heavy atom. The molecule has 0 radical (unpaired) electrons. The second-order valence-corrected chi connectivity index (χ2v) is 13.4. The third kappa shape index (κ3) is 9.13. The van der Waals surface area contributed by atoms with Crippen molar-refractivity contribution >= 4 is 17.5 Å². The second-order valence-electron chi connectivity index (χ2n) is 13.0. The van der Waals surface area contributed by atoms with E-state index in [1.165, 1.54) is 25.5 Å². The Bertz CT molecular complexity index is 1840. The highest BCUT2D eigenvalue weighted by Crippen LogP contribution is 2.36. The monoisotopic (exact) mass is 694 g/mol. The fourth-order valence-corrected chi connectivity index (χ4v) is 6.78. The minimum atomic E-state index is -0.428. The van der Waals surface area contributed by atoms with Crippen LogP contribution in [0.2, 0.25) is 5.02 Å². The van der Waals surface area contributed by atoms with Crippen molar-refractivity contribution in [3.05, 3.63) is 106 Å². The maximum Gasteiger partial charge on any atom is 0.226 e. The molecule has 0 saturated carbocycles. The van der Waals surface area contributed by atoms with Crippen LogP contribution >= 0.6 is 11.6 Å². The predicted octanol–water partition coefficient (Wildman–Crippen LogP) is 7.09. The highest BCUT2D eigenvalue weighted by Gasteiger charge is 2.24. The van der Waals surface area contributed by atoms with Crippen LogP contribution in [0.15, 0.2) is 73.1 Å². The molecule has 0 aliphatic carbocycles. The second kappa shape index (κ2) is 16.9. The smallest absolute Gasteiger partial charge is 0.226 e. The van der Waals surface area contributed by atoms with Gasteiger partial charge in [0.05, 0.1) is 29.7 Å². The summed E-state index contributed by atoms with van der Waals surface area (Å²) in [5, 5.41) is 19.5. The molecule has 1 unspecified atom stereocenters. The van der Waals surface area contributed by atoms with Gasteiger partial charge in [-0.15, -0.1) is 0 Å². The van der Waals surface area contributed by atoms with Gasteiger partial charge in [-0.2, -0.15) is 5.26 Å². The minimum absolute atomic E-state index is 0.000592. The van der Waals surface area contributed by atoms with E-state index >= 15 is 0 Å². The molecule has 260 valence electrons. The molecule has 2 fully saturated rings. The molecule has 10 heteroatoms. The van der Waals surface area contributed by atoms with Crippen LogP contribution in [0, 0.1) is 18.3 Å². The zero-order chi connectivity index (χ0) is 34.9. The Morgan fingerprint density at radius 2 is 1.78 bits per heavy atom. The van der Waals surface area contributed by atoms with Crippen molar-refractivity contribution in [2.75, 3.05) is 32.8 Å². The van der Waals surface area contributed by atoms with Gasteiger partial charge in [0.25, 0.3) is 0 Å². The lowest BCUT2D eigenvalue weighted by Gasteiger charge is -2.27. The van der Waals surface area contributed by atoms with E-state index in [1.54, 1.807) is 17.2 Å². The summed E-state index contributed by atoms with van der Waals surface area (Å²) in [6.07, 6.45) is 7.33. The molecule has 0 bridgehead atoms. The first-order chi connectivity index (χ1) is 24.4. The van der Waals surface area contributed by atoms with Gasteiger partial charge in [-0.1, -0.05) is 48.4 Å². The number of nitriles is 1. The summed E-state index contributed by atoms with van der Waals surface area (Å²) in [6, 6.07) is 21.7. The number of hydrogen-bond acceptors (Lipinski definition) is 8. The Balaban J connectivity index is 1.14. The van der Waals surface area contributed by atoms with Gasteiger partial charge in [-0.25, -0.2) is 0 Å². The van der Waals surface area contributed by atoms with E-state index in [-0.39, 0.29) is 25.5 Å². The molecule has 3 aromatic carbocycles. The number of amides is 1. The number of hydrogen-bond donors (Lipinski definition) is 1. The quantitative estimate of drug-likeness (QED) is 0.158. The highest BCUT2D eigenvalue weighted by molar-refractivity contribution is 6.32. The van der Waals surface area contributed by atoms with Crippen molar-refractivity contribution in [2.24, 2.45) is 0 Å². The van der Waals surface area contributed by atoms with Gasteiger partial charge < -0.3 is 24.2 Å². The molecule has 1 aromatic heterocycles. The Morgan fingerprint density at radius 3 is 2.58 bits per heavy atom. The summed E-state index contributed by atoms with van der Waals surface area (Å²) >= 11 is 6.84. The van der Waals surface area contributed by atoms with Gasteiger partial charge >= 0.3 is 0 Å². The first kappa shape index (κ1) is 35.2. The fraction of sp³-hybridized carbons (Fsp3) is 0.375. The zero-order valence-corrected chi connectivity index (χ0v) is 29.2. The van der Waals surface area contributed by atoms with Crippen LogP contribution in [-0.2, 0) is 24.6 Å². The standard InChI is InChI=1S/C40H43ClN4O5/c1-28-32(8-6-10-36(28)31-7-5-9-35(18-31)48-16-12-40(47)45-15-11-34(46)25-45)27-50-39-20-38(49-26-30-17-29(21-42)22-43-23-30)33(19-37(39)41)24-44-13-3-2-4-14-44/h5-10,17-20,22-23,34,46H,2-4,11-16,24-27H2,1H3. The topological polar surface area (TPSA) is 108 Å². The normalized spacial score (nSPS) is 16.2. The molecule has 1 amide bonds. The molecule has 2 aliphatic rings. The molecule has 9 nitrogen and oxygen atoms in total. The van der Waals surface area contributed by atoms with E-state index in [0.717, 1.165) is 53.0 Å². The van der Waals surface area contributed by atoms with Gasteiger partial charge in [0.2, 0.25) is 5.91 Å². The van der Waals surface area contributed by atoms with Crippen LogP contribution in [-0.4, -0.2) is 64.7 Å². The van der Waals surface area contributed by atoms with Crippen molar-refractivity contribution < 1.29 is 24.1 Å². The largest absolute Gasteiger partial charge is 0.493 e. The fourth-order valence-electron chi connectivity index (χ4n) is 6.54. The number of carbonyl (C=O) groups excluding carboxylic acids is 1. The van der Waals surface area contributed by atoms with Gasteiger partial charge in [0, 0.05) is 49.2 Å². The van der Waals surface area contributed by atoms with Gasteiger partial charge in [-0.05, 0) is 85.8 Å². The molecule has 6 rings (SSSR count). The van der Waals surface area contributed by atoms with Crippen LogP contribution in [0.5, 0.6) is 17.2 Å². The van der Waals surface area contributed by atoms with Crippen molar-refractivity contribution in [3.8, 4) is 34.4 Å². The van der Waals surface area contributed by atoms with Gasteiger partial charge in [0.1, 0.15) is 36.5 Å². The molecular weight excluding hydrogens is 652 g/mol. The number of β-amino-alcohol motifs (C(OH)–C–C–N with tert-alkyl or cyclic N) is 1. The molecule has 1 atom stereocenters. The number of ether oxygens (including phenoxy) is 3. The van der Waals surface area contributed by atoms with Crippen LogP contribution in [0.25, 0.3) is 11.1 Å². The first-order valence-electron chi connectivity index (χ1n) is 17.3. The van der Waals surface area contributed by atoms with Crippen molar-refractivity contribution in [3.63, 3.8) is 0 Å². The number of rotatable bonds is 13. The SMILES string of the molecule is Cc1c(COc2cc(OCc3cncc(C#N)c3)c(CN3CCCCC3)cc2Cl)cccc1-c1cccc(OCCC(=O)N2CCC(O)C2)c1. The van der Waals surface area contributed by atoms with E-state index in [1.807, 2.05) is 48.5 Å². The van der Waals surface area contributed by atoms with Crippen LogP contribution in [0.3, 0.4) is 0 Å². The molecule has 1 N–H and O–H groups in total. The average Bonchev–Trinajstić information content (AvgIpc) is 3.58. The van der Waals surface area contributed by atoms with Crippen LogP contribution in [0.1, 0.15) is 59.9 Å². The Labute approximate surface area is 299 Å². The number of likely N-dealkylation sites (tertiary alicyclic amines) is 2. The number of benzene rings is 3. The lowest BCUT2D eigenvalue weighted by Crippen LogP contribution is -2.30. The number of piperidine rings is 1. The average molecular weight is 695 g/mol. The zero-order valence-electron chi connectivity index (χ0n) is 28.4. The molecule has 3 heterocycles. The summed E-state index contributed by atoms with van der Waals surface area (Å²) in [6.45, 7) is 6.72. The summed E-state index contributed by atoms with van der Waals surface area (Å²) in [7, 11) is 0. The lowest BCUT2D eigenvalue weighted by atomic mass is 9.96. The van der Waals surface area contributed by atoms with Crippen molar-refractivity contribution in [1.82, 2.24) is 14.8 Å². The van der Waals surface area contributed by atoms with Crippen molar-refractivity contribution in [2.45, 2.75) is 64.9 Å². The number of aromatic nitrogens is 1. The van der Waals surface area contributed by atoms with E-state index < -0.39 is 6.10 Å². The maximum atomic E-state index is 12.5. The first-order valence-corrected chi connectivity index (χ1v) is 17.7. The molecule has 4 aromatic rings. The van der Waals surface area contributed by atoms with Gasteiger partial charge in [-0.3, -0.25) is 14.7 Å². The van der Waals surface area contributed by atoms with E-state index in [4.69, 9.17) is 25.8 Å². The Kier molecular flexibility index (Phi) is 11.9. The third-order valence-electron chi connectivity index (χ3n) is 9.35. The summed E-state index contributed by atoms with van der Waals surface area (Å²) in [5.74, 6) is 1.92. The number of nitrogens with zero attached hydrogens (tertiary/aromatic N) is 4. The number of aliphatic hydroxyl groups is 1. The summed E-state index contributed by atoms with van der Waals surface area (Å²) < 4.78 is 18.7. The predicted molar refractivity (Wildman–Crippen MR) is 192 cm³/mol. The van der Waals surface area contributed by atoms with Crippen LogP contribution < -0.4 is 14.2 Å². The Hall–Kier alpha value is -4.62. The molecule has 2 saturated heterocycles. The summed E-state index contributed by atoms with van der Waals surface area (Å²) in [5.41, 5.74) is 6.44. The molecule has 0 spiro atoms. The summed E-state index contributed by atoms with van der Waals surface area (Å²) in [4.78, 5) is 20.8. The number of halogens is 1. The molecule has 2 aliphatic heterocycles. The van der Waals surface area contributed by atoms with E-state index in [0.29, 0.717) is 54.0 Å². The lowest BCUT2D eigenvalue weighted by molar-refractivity contribution is -0.131. The molecular formula is C40H43ClN4O5. The van der Waals surface area contributed by atoms with E-state index in [2.05, 4.69) is 28.9 Å². The number of carbonyl (C=O) groups is 1. The number of aliphatic hydroxyl groups excluding tert-OH is 1. The van der Waals surface area contributed by atoms with E-state index in [9.17, 15) is 15.2 Å². The van der Waals surface area contributed by atoms with Gasteiger partial charge in [0.15, 0.2) is 0 Å². The van der Waals surface area contributed by atoms with Crippen LogP contribution in [0.4, 0.5) is 0 Å². The third-order valence-corrected chi connectivity index (χ3v) is 9.65.